The molecular weight excluding hydrogens is 412 g/mol. The summed E-state index contributed by atoms with van der Waals surface area (Å²) in [6.45, 7) is 6.25. The summed E-state index contributed by atoms with van der Waals surface area (Å²) in [6.07, 6.45) is 3.23. The number of thiocarbonyl (C=S) groups is 1. The molecule has 0 unspecified atom stereocenters. The van der Waals surface area contributed by atoms with Gasteiger partial charge in [0.2, 0.25) is 0 Å². The Kier molecular flexibility index (Phi) is 8.69. The van der Waals surface area contributed by atoms with E-state index in [9.17, 15) is 4.79 Å². The van der Waals surface area contributed by atoms with Crippen LogP contribution in [0.2, 0.25) is 0 Å². The summed E-state index contributed by atoms with van der Waals surface area (Å²) in [6, 6.07) is 7.65. The van der Waals surface area contributed by atoms with Crippen molar-refractivity contribution in [3.05, 3.63) is 40.2 Å². The minimum atomic E-state index is -0.0931. The molecule has 1 fully saturated rings. The largest absolute Gasteiger partial charge is 0.494 e. The van der Waals surface area contributed by atoms with Crippen LogP contribution in [-0.2, 0) is 11.3 Å². The molecular formula is C23H34N4O3S. The van der Waals surface area contributed by atoms with Crippen molar-refractivity contribution in [2.24, 2.45) is 0 Å². The Hall–Kier alpha value is -2.16. The fourth-order valence-corrected chi connectivity index (χ4v) is 4.01. The number of hydrogen-bond donors (Lipinski definition) is 2. The Labute approximate surface area is 189 Å². The average molecular weight is 447 g/mol. The number of nitrogens with zero attached hydrogens (tertiary/aromatic N) is 2. The van der Waals surface area contributed by atoms with Gasteiger partial charge in [-0.1, -0.05) is 0 Å². The van der Waals surface area contributed by atoms with Crippen LogP contribution >= 0.6 is 12.2 Å². The molecule has 1 saturated heterocycles. The zero-order valence-electron chi connectivity index (χ0n) is 18.8. The lowest BCUT2D eigenvalue weighted by molar-refractivity contribution is 0.0897. The van der Waals surface area contributed by atoms with Crippen LogP contribution in [0.4, 0.5) is 0 Å². The lowest BCUT2D eigenvalue weighted by Gasteiger charge is -2.28. The molecule has 2 aromatic rings. The second kappa shape index (κ2) is 11.5. The summed E-state index contributed by atoms with van der Waals surface area (Å²) in [5.41, 5.74) is 1.38. The molecule has 0 aliphatic carbocycles. The highest BCUT2D eigenvalue weighted by Crippen LogP contribution is 2.20. The Morgan fingerprint density at radius 3 is 2.90 bits per heavy atom. The van der Waals surface area contributed by atoms with Crippen molar-refractivity contribution in [2.45, 2.75) is 38.8 Å². The van der Waals surface area contributed by atoms with Gasteiger partial charge in [-0.25, -0.2) is 0 Å². The van der Waals surface area contributed by atoms with Gasteiger partial charge >= 0.3 is 0 Å². The molecule has 170 valence electrons. The third-order valence-electron chi connectivity index (χ3n) is 5.36. The van der Waals surface area contributed by atoms with Crippen LogP contribution in [0, 0.1) is 0 Å². The second-order valence-electron chi connectivity index (χ2n) is 8.21. The summed E-state index contributed by atoms with van der Waals surface area (Å²) in [5.74, 6) is 0.794. The lowest BCUT2D eigenvalue weighted by atomic mass is 10.1. The molecule has 0 amide bonds. The van der Waals surface area contributed by atoms with Crippen molar-refractivity contribution in [2.75, 3.05) is 46.9 Å². The van der Waals surface area contributed by atoms with Gasteiger partial charge in [-0.2, -0.15) is 0 Å². The molecule has 8 heteroatoms. The molecule has 3 rings (SSSR count). The number of fused-ring (bicyclic) bond motifs is 1. The molecule has 1 aliphatic heterocycles. The van der Waals surface area contributed by atoms with Crippen molar-refractivity contribution in [3.8, 4) is 5.75 Å². The number of pyridine rings is 1. The highest BCUT2D eigenvalue weighted by Gasteiger charge is 2.22. The Morgan fingerprint density at radius 1 is 1.35 bits per heavy atom. The van der Waals surface area contributed by atoms with Crippen LogP contribution < -0.4 is 15.6 Å². The lowest BCUT2D eigenvalue weighted by Crippen LogP contribution is -2.44. The zero-order valence-corrected chi connectivity index (χ0v) is 19.6. The maximum absolute atomic E-state index is 12.8. The van der Waals surface area contributed by atoms with E-state index in [-0.39, 0.29) is 11.7 Å². The first kappa shape index (κ1) is 23.5. The molecule has 2 heterocycles. The van der Waals surface area contributed by atoms with Crippen LogP contribution in [-0.4, -0.2) is 72.9 Å². The van der Waals surface area contributed by atoms with Crippen LogP contribution in [0.3, 0.4) is 0 Å². The van der Waals surface area contributed by atoms with Gasteiger partial charge in [-0.05, 0) is 83.3 Å². The smallest absolute Gasteiger partial charge is 0.253 e. The average Bonchev–Trinajstić information content (AvgIpc) is 3.24. The topological polar surface area (TPSA) is 69.8 Å². The van der Waals surface area contributed by atoms with Gasteiger partial charge in [0.05, 0.1) is 19.3 Å². The second-order valence-corrected chi connectivity index (χ2v) is 8.60. The first-order valence-corrected chi connectivity index (χ1v) is 11.4. The summed E-state index contributed by atoms with van der Waals surface area (Å²) in [5, 5.41) is 4.97. The van der Waals surface area contributed by atoms with E-state index in [4.69, 9.17) is 21.7 Å². The number of H-pyrrole nitrogens is 1. The van der Waals surface area contributed by atoms with Gasteiger partial charge in [-0.3, -0.25) is 4.79 Å². The Balaban J connectivity index is 1.76. The molecule has 1 aromatic heterocycles. The van der Waals surface area contributed by atoms with E-state index in [2.05, 4.69) is 34.2 Å². The van der Waals surface area contributed by atoms with Gasteiger partial charge in [0.1, 0.15) is 5.75 Å². The third-order valence-corrected chi connectivity index (χ3v) is 5.76. The summed E-state index contributed by atoms with van der Waals surface area (Å²) >= 11 is 5.70. The molecule has 1 aliphatic rings. The number of ether oxygens (including phenoxy) is 2. The molecule has 1 aromatic carbocycles. The van der Waals surface area contributed by atoms with Crippen molar-refractivity contribution in [1.82, 2.24) is 20.1 Å². The quantitative estimate of drug-likeness (QED) is 0.430. The summed E-state index contributed by atoms with van der Waals surface area (Å²) < 4.78 is 11.4. The Morgan fingerprint density at radius 2 is 2.19 bits per heavy atom. The highest BCUT2D eigenvalue weighted by atomic mass is 32.1. The summed E-state index contributed by atoms with van der Waals surface area (Å²) in [4.78, 5) is 20.0. The standard InChI is InChI=1S/C23H34N4O3S/c1-4-29-19-8-9-21-17(14-19)13-18(22(28)25-21)15-27(16-20-7-5-12-30-20)23(31)24-10-6-11-26(2)3/h8-9,13-14,20H,4-7,10-12,15-16H2,1-3H3,(H,24,31)(H,25,28)/t20-/m1/s1. The molecule has 0 radical (unpaired) electrons. The maximum Gasteiger partial charge on any atom is 0.253 e. The monoisotopic (exact) mass is 446 g/mol. The molecule has 2 N–H and O–H groups in total. The van der Waals surface area contributed by atoms with Crippen molar-refractivity contribution in [1.29, 1.82) is 0 Å². The minimum Gasteiger partial charge on any atom is -0.494 e. The van der Waals surface area contributed by atoms with E-state index in [0.717, 1.165) is 55.6 Å². The first-order valence-electron chi connectivity index (χ1n) is 11.0. The van der Waals surface area contributed by atoms with Gasteiger partial charge < -0.3 is 29.6 Å². The normalized spacial score (nSPS) is 16.1. The molecule has 0 saturated carbocycles. The fourth-order valence-electron chi connectivity index (χ4n) is 3.77. The molecule has 1 atom stereocenters. The van der Waals surface area contributed by atoms with Crippen LogP contribution in [0.5, 0.6) is 5.75 Å². The minimum absolute atomic E-state index is 0.0931. The fraction of sp³-hybridized carbons (Fsp3) is 0.565. The van der Waals surface area contributed by atoms with E-state index >= 15 is 0 Å². The highest BCUT2D eigenvalue weighted by molar-refractivity contribution is 7.80. The zero-order chi connectivity index (χ0) is 22.2. The van der Waals surface area contributed by atoms with Crippen LogP contribution in [0.15, 0.2) is 29.1 Å². The number of aromatic amines is 1. The number of rotatable bonds is 10. The van der Waals surface area contributed by atoms with Crippen molar-refractivity contribution >= 4 is 28.2 Å². The van der Waals surface area contributed by atoms with E-state index < -0.39 is 0 Å². The number of aromatic nitrogens is 1. The number of hydrogen-bond acceptors (Lipinski definition) is 5. The Bertz CT molecular complexity index is 925. The summed E-state index contributed by atoms with van der Waals surface area (Å²) in [7, 11) is 4.12. The molecule has 0 spiro atoms. The van der Waals surface area contributed by atoms with Gasteiger partial charge in [0.15, 0.2) is 5.11 Å². The van der Waals surface area contributed by atoms with Gasteiger partial charge in [0, 0.05) is 36.2 Å². The molecule has 7 nitrogen and oxygen atoms in total. The van der Waals surface area contributed by atoms with Gasteiger partial charge in [0.25, 0.3) is 5.56 Å². The van der Waals surface area contributed by atoms with Crippen molar-refractivity contribution in [3.63, 3.8) is 0 Å². The van der Waals surface area contributed by atoms with E-state index in [1.54, 1.807) is 0 Å². The predicted octanol–water partition coefficient (Wildman–Crippen LogP) is 2.73. The number of benzene rings is 1. The maximum atomic E-state index is 12.8. The third kappa shape index (κ3) is 6.92. The van der Waals surface area contributed by atoms with E-state index in [1.165, 1.54) is 0 Å². The van der Waals surface area contributed by atoms with Gasteiger partial charge in [-0.15, -0.1) is 0 Å². The number of nitrogens with one attached hydrogen (secondary N) is 2. The van der Waals surface area contributed by atoms with E-state index in [0.29, 0.717) is 30.4 Å². The molecule has 31 heavy (non-hydrogen) atoms. The molecule has 0 bridgehead atoms. The van der Waals surface area contributed by atoms with E-state index in [1.807, 2.05) is 31.2 Å². The van der Waals surface area contributed by atoms with Crippen LogP contribution in [0.1, 0.15) is 31.7 Å². The predicted molar refractivity (Wildman–Crippen MR) is 129 cm³/mol. The first-order chi connectivity index (χ1) is 15.0. The SMILES string of the molecule is CCOc1ccc2[nH]c(=O)c(CN(C[C@H]3CCCO3)C(=S)NCCCN(C)C)cc2c1. The van der Waals surface area contributed by atoms with Crippen molar-refractivity contribution < 1.29 is 9.47 Å². The van der Waals surface area contributed by atoms with Crippen LogP contribution in [0.25, 0.3) is 10.9 Å².